The van der Waals surface area contributed by atoms with Gasteiger partial charge in [-0.1, -0.05) is 26.7 Å². The zero-order valence-electron chi connectivity index (χ0n) is 12.3. The van der Waals surface area contributed by atoms with E-state index in [4.69, 9.17) is 5.11 Å². The molecule has 6 nitrogen and oxygen atoms in total. The van der Waals surface area contributed by atoms with Gasteiger partial charge in [0.05, 0.1) is 13.1 Å². The van der Waals surface area contributed by atoms with Crippen molar-refractivity contribution < 1.29 is 9.90 Å². The zero-order chi connectivity index (χ0) is 14.5. The molecule has 0 bridgehead atoms. The maximum Gasteiger partial charge on any atom is 0.317 e. The first-order valence-electron chi connectivity index (χ1n) is 7.38. The number of hydrogen-bond acceptors (Lipinski definition) is 4. The van der Waals surface area contributed by atoms with Crippen LogP contribution < -0.4 is 0 Å². The molecule has 0 aliphatic heterocycles. The van der Waals surface area contributed by atoms with Gasteiger partial charge in [-0.3, -0.25) is 9.69 Å². The third-order valence-electron chi connectivity index (χ3n) is 3.76. The Hall–Kier alpha value is -1.43. The van der Waals surface area contributed by atoms with Gasteiger partial charge in [-0.25, -0.2) is 9.67 Å². The Balaban J connectivity index is 2.06. The molecule has 0 saturated heterocycles. The smallest absolute Gasteiger partial charge is 0.317 e. The SMILES string of the molecule is CC(C)Cn1ncnc1CN(CC(=O)O)C1CCCC1. The molecular weight excluding hydrogens is 256 g/mol. The van der Waals surface area contributed by atoms with Gasteiger partial charge in [0.15, 0.2) is 0 Å². The normalized spacial score (nSPS) is 16.4. The summed E-state index contributed by atoms with van der Waals surface area (Å²) in [6, 6.07) is 0.371. The molecule has 0 atom stereocenters. The standard InChI is InChI=1S/C14H24N4O2/c1-11(2)7-18-13(15-10-16-18)8-17(9-14(19)20)12-5-3-4-6-12/h10-12H,3-9H2,1-2H3,(H,19,20). The lowest BCUT2D eigenvalue weighted by Crippen LogP contribution is -2.38. The minimum atomic E-state index is -0.771. The van der Waals surface area contributed by atoms with E-state index >= 15 is 0 Å². The second kappa shape index (κ2) is 6.83. The Bertz CT molecular complexity index is 438. The van der Waals surface area contributed by atoms with Crippen molar-refractivity contribution in [3.05, 3.63) is 12.2 Å². The molecule has 6 heteroatoms. The lowest BCUT2D eigenvalue weighted by molar-refractivity contribution is -0.139. The molecule has 1 fully saturated rings. The molecule has 1 aliphatic carbocycles. The van der Waals surface area contributed by atoms with Gasteiger partial charge in [0, 0.05) is 12.6 Å². The van der Waals surface area contributed by atoms with Crippen molar-refractivity contribution >= 4 is 5.97 Å². The lowest BCUT2D eigenvalue weighted by Gasteiger charge is -2.26. The van der Waals surface area contributed by atoms with E-state index in [1.165, 1.54) is 12.8 Å². The van der Waals surface area contributed by atoms with Gasteiger partial charge in [-0.2, -0.15) is 5.10 Å². The topological polar surface area (TPSA) is 71.2 Å². The Kier molecular flexibility index (Phi) is 5.11. The highest BCUT2D eigenvalue weighted by Crippen LogP contribution is 2.24. The van der Waals surface area contributed by atoms with E-state index in [1.807, 2.05) is 9.58 Å². The van der Waals surface area contributed by atoms with Gasteiger partial charge < -0.3 is 5.11 Å². The summed E-state index contributed by atoms with van der Waals surface area (Å²) in [6.45, 7) is 5.75. The molecule has 1 aliphatic rings. The highest BCUT2D eigenvalue weighted by molar-refractivity contribution is 5.69. The van der Waals surface area contributed by atoms with Crippen LogP contribution in [-0.2, 0) is 17.9 Å². The Labute approximate surface area is 119 Å². The van der Waals surface area contributed by atoms with Gasteiger partial charge >= 0.3 is 5.97 Å². The number of rotatable bonds is 7. The van der Waals surface area contributed by atoms with Crippen molar-refractivity contribution in [1.82, 2.24) is 19.7 Å². The highest BCUT2D eigenvalue weighted by atomic mass is 16.4. The Morgan fingerprint density at radius 2 is 2.20 bits per heavy atom. The van der Waals surface area contributed by atoms with Gasteiger partial charge in [0.25, 0.3) is 0 Å². The summed E-state index contributed by atoms with van der Waals surface area (Å²) in [6.07, 6.45) is 6.13. The monoisotopic (exact) mass is 280 g/mol. The third-order valence-corrected chi connectivity index (χ3v) is 3.76. The summed E-state index contributed by atoms with van der Waals surface area (Å²) in [7, 11) is 0. The maximum atomic E-state index is 11.1. The quantitative estimate of drug-likeness (QED) is 0.824. The summed E-state index contributed by atoms with van der Waals surface area (Å²) >= 11 is 0. The summed E-state index contributed by atoms with van der Waals surface area (Å²) in [4.78, 5) is 17.4. The van der Waals surface area contributed by atoms with Crippen molar-refractivity contribution in [2.75, 3.05) is 6.54 Å². The minimum Gasteiger partial charge on any atom is -0.480 e. The number of carboxylic acid groups (broad SMARTS) is 1. The van der Waals surface area contributed by atoms with Crippen molar-refractivity contribution in [3.8, 4) is 0 Å². The maximum absolute atomic E-state index is 11.1. The predicted octanol–water partition coefficient (Wildman–Crippen LogP) is 1.76. The van der Waals surface area contributed by atoms with Gasteiger partial charge in [0.1, 0.15) is 12.2 Å². The van der Waals surface area contributed by atoms with Gasteiger partial charge in [-0.15, -0.1) is 0 Å². The second-order valence-electron chi connectivity index (χ2n) is 5.99. The van der Waals surface area contributed by atoms with Crippen molar-refractivity contribution in [1.29, 1.82) is 0 Å². The number of hydrogen-bond donors (Lipinski definition) is 1. The molecule has 1 aromatic rings. The average Bonchev–Trinajstić information content (AvgIpc) is 2.99. The van der Waals surface area contributed by atoms with Crippen molar-refractivity contribution in [3.63, 3.8) is 0 Å². The number of nitrogens with zero attached hydrogens (tertiary/aromatic N) is 4. The van der Waals surface area contributed by atoms with Crippen LogP contribution in [0, 0.1) is 5.92 Å². The largest absolute Gasteiger partial charge is 0.480 e. The summed E-state index contributed by atoms with van der Waals surface area (Å²) in [5, 5.41) is 13.3. The van der Waals surface area contributed by atoms with E-state index in [0.717, 1.165) is 25.2 Å². The predicted molar refractivity (Wildman–Crippen MR) is 75.2 cm³/mol. The second-order valence-corrected chi connectivity index (χ2v) is 5.99. The lowest BCUT2D eigenvalue weighted by atomic mass is 10.2. The van der Waals surface area contributed by atoms with Crippen molar-refractivity contribution in [2.24, 2.45) is 5.92 Å². The molecule has 1 heterocycles. The Morgan fingerprint density at radius 1 is 1.50 bits per heavy atom. The van der Waals surface area contributed by atoms with E-state index in [0.29, 0.717) is 18.5 Å². The molecule has 0 unspecified atom stereocenters. The molecular formula is C14H24N4O2. The highest BCUT2D eigenvalue weighted by Gasteiger charge is 2.25. The first-order valence-corrected chi connectivity index (χ1v) is 7.38. The van der Waals surface area contributed by atoms with Crippen LogP contribution in [0.1, 0.15) is 45.4 Å². The zero-order valence-corrected chi connectivity index (χ0v) is 12.3. The van der Waals surface area contributed by atoms with E-state index in [1.54, 1.807) is 6.33 Å². The molecule has 0 aromatic carbocycles. The molecule has 2 rings (SSSR count). The third kappa shape index (κ3) is 4.03. The fourth-order valence-electron chi connectivity index (χ4n) is 2.85. The molecule has 1 saturated carbocycles. The van der Waals surface area contributed by atoms with Gasteiger partial charge in [0.2, 0.25) is 0 Å². The van der Waals surface area contributed by atoms with Crippen LogP contribution in [0.25, 0.3) is 0 Å². The minimum absolute atomic E-state index is 0.0825. The number of aliphatic carboxylic acids is 1. The molecule has 20 heavy (non-hydrogen) atoms. The van der Waals surface area contributed by atoms with Crippen molar-refractivity contribution in [2.45, 2.75) is 58.7 Å². The van der Waals surface area contributed by atoms with E-state index < -0.39 is 5.97 Å². The molecule has 0 spiro atoms. The van der Waals surface area contributed by atoms with E-state index in [-0.39, 0.29) is 6.54 Å². The van der Waals surface area contributed by atoms with E-state index in [9.17, 15) is 4.79 Å². The van der Waals surface area contributed by atoms with Crippen LogP contribution >= 0.6 is 0 Å². The average molecular weight is 280 g/mol. The molecule has 1 N–H and O–H groups in total. The van der Waals surface area contributed by atoms with Crippen LogP contribution in [-0.4, -0.2) is 43.3 Å². The summed E-state index contributed by atoms with van der Waals surface area (Å²) < 4.78 is 1.90. The van der Waals surface area contributed by atoms with Crippen LogP contribution in [0.15, 0.2) is 6.33 Å². The van der Waals surface area contributed by atoms with E-state index in [2.05, 4.69) is 23.9 Å². The van der Waals surface area contributed by atoms with Crippen LogP contribution in [0.5, 0.6) is 0 Å². The number of aromatic nitrogens is 3. The fourth-order valence-corrected chi connectivity index (χ4v) is 2.85. The number of carboxylic acids is 1. The Morgan fingerprint density at radius 3 is 2.80 bits per heavy atom. The van der Waals surface area contributed by atoms with Crippen LogP contribution in [0.2, 0.25) is 0 Å². The first kappa shape index (κ1) is 15.0. The molecule has 112 valence electrons. The number of carbonyl (C=O) groups is 1. The van der Waals surface area contributed by atoms with Crippen LogP contribution in [0.4, 0.5) is 0 Å². The molecule has 1 aromatic heterocycles. The fraction of sp³-hybridized carbons (Fsp3) is 0.786. The summed E-state index contributed by atoms with van der Waals surface area (Å²) in [5.41, 5.74) is 0. The summed E-state index contributed by atoms with van der Waals surface area (Å²) in [5.74, 6) is 0.591. The molecule has 0 amide bonds. The molecule has 0 radical (unpaired) electrons. The van der Waals surface area contributed by atoms with Crippen LogP contribution in [0.3, 0.4) is 0 Å². The first-order chi connectivity index (χ1) is 9.56. The van der Waals surface area contributed by atoms with Gasteiger partial charge in [-0.05, 0) is 18.8 Å².